The zero-order valence-corrected chi connectivity index (χ0v) is 19.9. The number of aromatic nitrogens is 7. The van der Waals surface area contributed by atoms with E-state index < -0.39 is 54.5 Å². The van der Waals surface area contributed by atoms with E-state index in [9.17, 15) is 28.5 Å². The molecule has 39 heavy (non-hydrogen) atoms. The van der Waals surface area contributed by atoms with Crippen LogP contribution in [0.2, 0.25) is 0 Å². The monoisotopic (exact) mass is 539 g/mol. The number of aliphatic hydroxyl groups excluding tert-OH is 3. The minimum Gasteiger partial charge on any atom is -0.394 e. The van der Waals surface area contributed by atoms with Crippen molar-refractivity contribution in [3.63, 3.8) is 0 Å². The smallest absolute Gasteiger partial charge is 0.194 e. The summed E-state index contributed by atoms with van der Waals surface area (Å²) in [6.45, 7) is -0.605. The number of ether oxygens (including phenoxy) is 1. The summed E-state index contributed by atoms with van der Waals surface area (Å²) in [5.74, 6) is -4.25. The number of hydrogen-bond donors (Lipinski definition) is 3. The van der Waals surface area contributed by atoms with Crippen molar-refractivity contribution in [3.8, 4) is 16.9 Å². The fourth-order valence-corrected chi connectivity index (χ4v) is 4.74. The van der Waals surface area contributed by atoms with Crippen LogP contribution < -0.4 is 0 Å². The lowest BCUT2D eigenvalue weighted by Gasteiger charge is -2.41. The quantitative estimate of drug-likeness (QED) is 0.285. The molecule has 0 unspecified atom stereocenters. The highest BCUT2D eigenvalue weighted by atomic mass is 19.2. The van der Waals surface area contributed by atoms with E-state index in [-0.39, 0.29) is 17.1 Å². The summed E-state index contributed by atoms with van der Waals surface area (Å²) >= 11 is 0. The Morgan fingerprint density at radius 3 is 2.54 bits per heavy atom. The van der Waals surface area contributed by atoms with Gasteiger partial charge in [0.1, 0.15) is 42.5 Å². The topological polar surface area (TPSA) is 144 Å². The summed E-state index contributed by atoms with van der Waals surface area (Å²) < 4.78 is 49.5. The first kappa shape index (κ1) is 25.1. The van der Waals surface area contributed by atoms with Gasteiger partial charge >= 0.3 is 0 Å². The van der Waals surface area contributed by atoms with E-state index in [1.165, 1.54) is 12.5 Å². The lowest BCUT2D eigenvalue weighted by Crippen LogP contribution is -2.53. The molecule has 0 saturated carbocycles. The minimum absolute atomic E-state index is 0.0382. The molecule has 14 heteroatoms. The number of aliphatic hydroxyl groups is 3. The normalized spacial score (nSPS) is 23.4. The first-order valence-corrected chi connectivity index (χ1v) is 11.8. The Morgan fingerprint density at radius 1 is 0.974 bits per heavy atom. The Bertz CT molecular complexity index is 1640. The van der Waals surface area contributed by atoms with Gasteiger partial charge in [-0.05, 0) is 36.4 Å². The van der Waals surface area contributed by atoms with Gasteiger partial charge in [0.25, 0.3) is 0 Å². The van der Waals surface area contributed by atoms with E-state index in [0.29, 0.717) is 5.69 Å². The number of halogens is 3. The molecular weight excluding hydrogens is 519 g/mol. The first-order chi connectivity index (χ1) is 18.9. The van der Waals surface area contributed by atoms with E-state index in [1.807, 2.05) is 18.2 Å². The van der Waals surface area contributed by atoms with Crippen LogP contribution in [0.1, 0.15) is 18.0 Å². The lowest BCUT2D eigenvalue weighted by atomic mass is 9.92. The number of nitrogens with zero attached hydrogens (tertiary/aromatic N) is 7. The van der Waals surface area contributed by atoms with E-state index in [0.717, 1.165) is 27.7 Å². The number of pyridine rings is 1. The van der Waals surface area contributed by atoms with Crippen LogP contribution >= 0.6 is 0 Å². The van der Waals surface area contributed by atoms with Gasteiger partial charge in [0, 0.05) is 22.8 Å². The number of hydrogen-bond acceptors (Lipinski definition) is 9. The van der Waals surface area contributed by atoms with Crippen molar-refractivity contribution in [2.45, 2.75) is 30.5 Å². The van der Waals surface area contributed by atoms with Gasteiger partial charge in [0.2, 0.25) is 0 Å². The summed E-state index contributed by atoms with van der Waals surface area (Å²) in [6, 6.07) is 9.43. The maximum absolute atomic E-state index is 13.8. The molecule has 11 nitrogen and oxygen atoms in total. The van der Waals surface area contributed by atoms with E-state index >= 15 is 0 Å². The summed E-state index contributed by atoms with van der Waals surface area (Å²) in [6.07, 6.45) is -0.940. The molecule has 0 spiro atoms. The third kappa shape index (κ3) is 4.32. The van der Waals surface area contributed by atoms with Crippen molar-refractivity contribution in [2.75, 3.05) is 6.61 Å². The largest absolute Gasteiger partial charge is 0.394 e. The zero-order valence-electron chi connectivity index (χ0n) is 19.9. The molecule has 3 aromatic heterocycles. The fourth-order valence-electron chi connectivity index (χ4n) is 4.74. The average molecular weight is 539 g/mol. The summed E-state index contributed by atoms with van der Waals surface area (Å²) in [4.78, 5) is 4.30. The SMILES string of the molecule is OC[C@H]1O[C@@H](c2nncn2-c2ccc3ncccc3c2)[C@H](O)[C@@H](n2cc(-c3cc(F)c(F)c(F)c3)nn2)[C@H]1O. The van der Waals surface area contributed by atoms with Gasteiger partial charge in [-0.2, -0.15) is 0 Å². The van der Waals surface area contributed by atoms with Crippen LogP contribution in [0.3, 0.4) is 0 Å². The van der Waals surface area contributed by atoms with Crippen LogP contribution in [0.15, 0.2) is 61.2 Å². The van der Waals surface area contributed by atoms with Crippen LogP contribution in [0, 0.1) is 17.5 Å². The zero-order chi connectivity index (χ0) is 27.3. The van der Waals surface area contributed by atoms with E-state index in [4.69, 9.17) is 4.74 Å². The Labute approximate surface area is 217 Å². The number of fused-ring (bicyclic) bond motifs is 1. The second kappa shape index (κ2) is 9.81. The predicted molar refractivity (Wildman–Crippen MR) is 128 cm³/mol. The van der Waals surface area contributed by atoms with E-state index in [2.05, 4.69) is 25.5 Å². The first-order valence-electron chi connectivity index (χ1n) is 11.8. The molecule has 200 valence electrons. The Hall–Kier alpha value is -4.24. The second-order valence-electron chi connectivity index (χ2n) is 9.03. The molecular formula is C25H20F3N7O4. The highest BCUT2D eigenvalue weighted by molar-refractivity contribution is 5.80. The molecule has 1 fully saturated rings. The molecule has 4 heterocycles. The van der Waals surface area contributed by atoms with Gasteiger partial charge in [0.05, 0.1) is 18.3 Å². The molecule has 1 aliphatic heterocycles. The van der Waals surface area contributed by atoms with Gasteiger partial charge in [-0.25, -0.2) is 17.9 Å². The molecule has 0 aliphatic carbocycles. The standard InChI is InChI=1S/C25H20F3N7O4/c26-15-7-13(8-16(27)20(15)28)18-9-35(33-31-18)21-22(37)19(10-36)39-24(23(21)38)25-32-30-11-34(25)14-3-4-17-12(6-14)2-1-5-29-17/h1-9,11,19,21-24,36-38H,10H2/t19-,21+,22+,23-,24-/m1/s1. The van der Waals surface area contributed by atoms with Gasteiger partial charge in [-0.1, -0.05) is 11.3 Å². The van der Waals surface area contributed by atoms with Crippen molar-refractivity contribution in [1.82, 2.24) is 34.7 Å². The van der Waals surface area contributed by atoms with Crippen LogP contribution in [-0.2, 0) is 4.74 Å². The molecule has 5 atom stereocenters. The maximum atomic E-state index is 13.8. The third-order valence-electron chi connectivity index (χ3n) is 6.68. The summed E-state index contributed by atoms with van der Waals surface area (Å²) in [5.41, 5.74) is 1.28. The van der Waals surface area contributed by atoms with Gasteiger partial charge < -0.3 is 20.1 Å². The maximum Gasteiger partial charge on any atom is 0.194 e. The predicted octanol–water partition coefficient (Wildman–Crippen LogP) is 1.89. The molecule has 5 aromatic rings. The van der Waals surface area contributed by atoms with Crippen molar-refractivity contribution in [3.05, 3.63) is 84.5 Å². The molecule has 2 aromatic carbocycles. The van der Waals surface area contributed by atoms with Crippen LogP contribution in [0.25, 0.3) is 27.8 Å². The van der Waals surface area contributed by atoms with Crippen molar-refractivity contribution >= 4 is 10.9 Å². The Kier molecular flexibility index (Phi) is 6.31. The molecule has 1 aliphatic rings. The molecule has 0 bridgehead atoms. The highest BCUT2D eigenvalue weighted by Gasteiger charge is 2.48. The summed E-state index contributed by atoms with van der Waals surface area (Å²) in [7, 11) is 0. The lowest BCUT2D eigenvalue weighted by molar-refractivity contribution is -0.210. The van der Waals surface area contributed by atoms with Crippen molar-refractivity contribution in [2.24, 2.45) is 0 Å². The fraction of sp³-hybridized carbons (Fsp3) is 0.240. The summed E-state index contributed by atoms with van der Waals surface area (Å²) in [5, 5.41) is 49.0. The third-order valence-corrected chi connectivity index (χ3v) is 6.68. The Balaban J connectivity index is 1.37. The molecule has 0 amide bonds. The van der Waals surface area contributed by atoms with Crippen LogP contribution in [-0.4, -0.2) is 75.0 Å². The molecule has 6 rings (SSSR count). The Morgan fingerprint density at radius 2 is 1.77 bits per heavy atom. The second-order valence-corrected chi connectivity index (χ2v) is 9.03. The van der Waals surface area contributed by atoms with Crippen LogP contribution in [0.4, 0.5) is 13.2 Å². The van der Waals surface area contributed by atoms with Gasteiger partial charge in [-0.15, -0.1) is 15.3 Å². The van der Waals surface area contributed by atoms with Crippen molar-refractivity contribution in [1.29, 1.82) is 0 Å². The minimum atomic E-state index is -1.62. The van der Waals surface area contributed by atoms with Crippen LogP contribution in [0.5, 0.6) is 0 Å². The highest BCUT2D eigenvalue weighted by Crippen LogP contribution is 2.38. The van der Waals surface area contributed by atoms with Crippen molar-refractivity contribution < 1.29 is 33.2 Å². The molecule has 3 N–H and O–H groups in total. The number of rotatable bonds is 5. The molecule has 1 saturated heterocycles. The van der Waals surface area contributed by atoms with Gasteiger partial charge in [0.15, 0.2) is 23.3 Å². The average Bonchev–Trinajstić information content (AvgIpc) is 3.62. The number of benzene rings is 2. The molecule has 0 radical (unpaired) electrons. The van der Waals surface area contributed by atoms with E-state index in [1.54, 1.807) is 22.9 Å². The van der Waals surface area contributed by atoms with Gasteiger partial charge in [-0.3, -0.25) is 9.55 Å².